The second kappa shape index (κ2) is 6.32. The average molecular weight is 240 g/mol. The Kier molecular flexibility index (Phi) is 6.08. The van der Waals surface area contributed by atoms with E-state index in [9.17, 15) is 9.59 Å². The number of hydrogen-bond donors (Lipinski definition) is 0. The van der Waals surface area contributed by atoms with Gasteiger partial charge in [0.1, 0.15) is 11.6 Å². The highest BCUT2D eigenvalue weighted by Gasteiger charge is 2.23. The molecule has 17 heavy (non-hydrogen) atoms. The molecular weight excluding hydrogens is 212 g/mol. The van der Waals surface area contributed by atoms with Gasteiger partial charge in [-0.25, -0.2) is 0 Å². The summed E-state index contributed by atoms with van der Waals surface area (Å²) < 4.78 is 0. The van der Waals surface area contributed by atoms with Crippen molar-refractivity contribution in [2.24, 2.45) is 10.8 Å². The molecule has 0 aromatic rings. The van der Waals surface area contributed by atoms with Crippen molar-refractivity contribution >= 4 is 11.6 Å². The summed E-state index contributed by atoms with van der Waals surface area (Å²) in [6.07, 6.45) is 3.71. The maximum Gasteiger partial charge on any atom is 0.133 e. The molecule has 0 aromatic carbocycles. The fourth-order valence-electron chi connectivity index (χ4n) is 2.17. The monoisotopic (exact) mass is 240 g/mol. The van der Waals surface area contributed by atoms with Crippen LogP contribution in [0.15, 0.2) is 0 Å². The maximum absolute atomic E-state index is 11.8. The Morgan fingerprint density at radius 2 is 1.47 bits per heavy atom. The lowest BCUT2D eigenvalue weighted by atomic mass is 9.81. The Morgan fingerprint density at radius 1 is 0.941 bits per heavy atom. The Morgan fingerprint density at radius 3 is 1.88 bits per heavy atom. The van der Waals surface area contributed by atoms with Crippen molar-refractivity contribution in [2.45, 2.75) is 73.6 Å². The molecule has 0 saturated carbocycles. The molecule has 0 atom stereocenters. The number of Topliss-reactive ketones (excluding diaryl/α,β-unsaturated/α-hetero) is 2. The fraction of sp³-hybridized carbons (Fsp3) is 0.867. The van der Waals surface area contributed by atoms with Crippen LogP contribution in [-0.2, 0) is 9.59 Å². The van der Waals surface area contributed by atoms with E-state index in [0.29, 0.717) is 30.5 Å². The summed E-state index contributed by atoms with van der Waals surface area (Å²) in [5, 5.41) is 0. The first-order valence-corrected chi connectivity index (χ1v) is 6.53. The van der Waals surface area contributed by atoms with Gasteiger partial charge in [0, 0.05) is 19.3 Å². The molecule has 0 rings (SSSR count). The van der Waals surface area contributed by atoms with Crippen molar-refractivity contribution in [3.05, 3.63) is 0 Å². The van der Waals surface area contributed by atoms with Gasteiger partial charge in [-0.05, 0) is 30.6 Å². The molecule has 0 unspecified atom stereocenters. The zero-order valence-electron chi connectivity index (χ0n) is 12.4. The zero-order chi connectivity index (χ0) is 13.7. The van der Waals surface area contributed by atoms with E-state index in [1.165, 1.54) is 0 Å². The minimum atomic E-state index is -0.176. The first-order valence-electron chi connectivity index (χ1n) is 6.53. The average Bonchev–Trinajstić information content (AvgIpc) is 1.95. The van der Waals surface area contributed by atoms with Crippen LogP contribution < -0.4 is 0 Å². The maximum atomic E-state index is 11.8. The van der Waals surface area contributed by atoms with E-state index in [4.69, 9.17) is 0 Å². The van der Waals surface area contributed by atoms with Crippen LogP contribution >= 0.6 is 0 Å². The molecule has 2 heteroatoms. The highest BCUT2D eigenvalue weighted by Crippen LogP contribution is 2.27. The Labute approximate surface area is 106 Å². The van der Waals surface area contributed by atoms with Crippen LogP contribution in [0.3, 0.4) is 0 Å². The molecule has 0 spiro atoms. The lowest BCUT2D eigenvalue weighted by molar-refractivity contribution is -0.123. The topological polar surface area (TPSA) is 34.1 Å². The standard InChI is InChI=1S/C15H28O2/c1-12(16)10-15(5,6)11-13(17)8-7-9-14(2,3)4/h7-11H2,1-6H3. The SMILES string of the molecule is CC(=O)CC(C)(C)CC(=O)CCCC(C)(C)C. The normalized spacial score (nSPS) is 12.6. The summed E-state index contributed by atoms with van der Waals surface area (Å²) in [4.78, 5) is 22.9. The summed E-state index contributed by atoms with van der Waals surface area (Å²) >= 11 is 0. The highest BCUT2D eigenvalue weighted by molar-refractivity contribution is 5.81. The van der Waals surface area contributed by atoms with E-state index in [-0.39, 0.29) is 11.2 Å². The van der Waals surface area contributed by atoms with Gasteiger partial charge in [0.2, 0.25) is 0 Å². The lowest BCUT2D eigenvalue weighted by Crippen LogP contribution is -2.20. The molecule has 0 N–H and O–H groups in total. The van der Waals surface area contributed by atoms with Gasteiger partial charge in [0.15, 0.2) is 0 Å². The first-order chi connectivity index (χ1) is 7.52. The van der Waals surface area contributed by atoms with Crippen LogP contribution in [0.4, 0.5) is 0 Å². The van der Waals surface area contributed by atoms with Crippen molar-refractivity contribution in [3.8, 4) is 0 Å². The van der Waals surface area contributed by atoms with Gasteiger partial charge in [-0.1, -0.05) is 34.6 Å². The number of carbonyl (C=O) groups is 2. The third kappa shape index (κ3) is 10.2. The molecule has 0 saturated heterocycles. The molecule has 0 amide bonds. The van der Waals surface area contributed by atoms with Crippen LogP contribution in [0.2, 0.25) is 0 Å². The van der Waals surface area contributed by atoms with E-state index in [0.717, 1.165) is 12.8 Å². The van der Waals surface area contributed by atoms with Crippen LogP contribution in [0.25, 0.3) is 0 Å². The largest absolute Gasteiger partial charge is 0.300 e. The molecule has 0 aliphatic carbocycles. The van der Waals surface area contributed by atoms with E-state index in [1.807, 2.05) is 13.8 Å². The van der Waals surface area contributed by atoms with Gasteiger partial charge in [0.05, 0.1) is 0 Å². The predicted octanol–water partition coefficient (Wildman–Crippen LogP) is 4.17. The van der Waals surface area contributed by atoms with Gasteiger partial charge in [-0.3, -0.25) is 4.79 Å². The molecule has 0 bridgehead atoms. The molecule has 0 aliphatic heterocycles. The van der Waals surface area contributed by atoms with Crippen LogP contribution in [0.5, 0.6) is 0 Å². The second-order valence-corrected chi connectivity index (χ2v) is 7.17. The molecule has 0 heterocycles. The van der Waals surface area contributed by atoms with Gasteiger partial charge in [0.25, 0.3) is 0 Å². The van der Waals surface area contributed by atoms with Crippen molar-refractivity contribution in [1.29, 1.82) is 0 Å². The molecule has 0 aliphatic rings. The van der Waals surface area contributed by atoms with Crippen molar-refractivity contribution in [2.75, 3.05) is 0 Å². The summed E-state index contributed by atoms with van der Waals surface area (Å²) in [5.74, 6) is 0.456. The van der Waals surface area contributed by atoms with Crippen molar-refractivity contribution in [1.82, 2.24) is 0 Å². The minimum absolute atomic E-state index is 0.164. The third-order valence-electron chi connectivity index (χ3n) is 2.79. The molecule has 100 valence electrons. The first kappa shape index (κ1) is 16.3. The Hall–Kier alpha value is -0.660. The molecular formula is C15H28O2. The Balaban J connectivity index is 3.97. The van der Waals surface area contributed by atoms with E-state index >= 15 is 0 Å². The second-order valence-electron chi connectivity index (χ2n) is 7.17. The predicted molar refractivity (Wildman–Crippen MR) is 72.0 cm³/mol. The third-order valence-corrected chi connectivity index (χ3v) is 2.79. The number of hydrogen-bond acceptors (Lipinski definition) is 2. The molecule has 0 aromatic heterocycles. The summed E-state index contributed by atoms with van der Waals surface area (Å²) in [6, 6.07) is 0. The summed E-state index contributed by atoms with van der Waals surface area (Å²) in [7, 11) is 0. The van der Waals surface area contributed by atoms with Gasteiger partial charge < -0.3 is 4.79 Å². The molecule has 0 fully saturated rings. The Bertz CT molecular complexity index is 269. The molecule has 2 nitrogen and oxygen atoms in total. The van der Waals surface area contributed by atoms with Gasteiger partial charge >= 0.3 is 0 Å². The fourth-order valence-corrected chi connectivity index (χ4v) is 2.17. The van der Waals surface area contributed by atoms with E-state index < -0.39 is 0 Å². The zero-order valence-corrected chi connectivity index (χ0v) is 12.4. The lowest BCUT2D eigenvalue weighted by Gasteiger charge is -2.22. The minimum Gasteiger partial charge on any atom is -0.300 e. The molecule has 0 radical (unpaired) electrons. The van der Waals surface area contributed by atoms with Gasteiger partial charge in [-0.2, -0.15) is 0 Å². The summed E-state index contributed by atoms with van der Waals surface area (Å²) in [5.41, 5.74) is 0.125. The summed E-state index contributed by atoms with van der Waals surface area (Å²) in [6.45, 7) is 12.2. The van der Waals surface area contributed by atoms with Gasteiger partial charge in [-0.15, -0.1) is 0 Å². The van der Waals surface area contributed by atoms with Crippen molar-refractivity contribution < 1.29 is 9.59 Å². The highest BCUT2D eigenvalue weighted by atomic mass is 16.1. The number of carbonyl (C=O) groups excluding carboxylic acids is 2. The smallest absolute Gasteiger partial charge is 0.133 e. The van der Waals surface area contributed by atoms with Crippen LogP contribution in [-0.4, -0.2) is 11.6 Å². The van der Waals surface area contributed by atoms with E-state index in [2.05, 4.69) is 20.8 Å². The van der Waals surface area contributed by atoms with Crippen LogP contribution in [0.1, 0.15) is 73.6 Å². The van der Waals surface area contributed by atoms with Crippen LogP contribution in [0, 0.1) is 10.8 Å². The van der Waals surface area contributed by atoms with E-state index in [1.54, 1.807) is 6.92 Å². The quantitative estimate of drug-likeness (QED) is 0.669. The number of ketones is 2. The number of rotatable bonds is 7. The van der Waals surface area contributed by atoms with Crippen molar-refractivity contribution in [3.63, 3.8) is 0 Å².